The molecule has 0 unspecified atom stereocenters. The number of aromatic nitrogens is 1. The topological polar surface area (TPSA) is 62.2 Å². The highest BCUT2D eigenvalue weighted by Crippen LogP contribution is 2.23. The van der Waals surface area contributed by atoms with Gasteiger partial charge in [-0.15, -0.1) is 0 Å². The number of hydrogen-bond acceptors (Lipinski definition) is 3. The second kappa shape index (κ2) is 3.57. The van der Waals surface area contributed by atoms with Gasteiger partial charge in [-0.2, -0.15) is 0 Å². The van der Waals surface area contributed by atoms with Crippen molar-refractivity contribution in [2.75, 3.05) is 12.4 Å². The number of fused-ring (bicyclic) bond motifs is 1. The van der Waals surface area contributed by atoms with E-state index in [9.17, 15) is 4.79 Å². The second-order valence-corrected chi connectivity index (χ2v) is 3.12. The van der Waals surface area contributed by atoms with Gasteiger partial charge in [0.25, 0.3) is 0 Å². The molecule has 2 N–H and O–H groups in total. The van der Waals surface area contributed by atoms with Gasteiger partial charge in [0, 0.05) is 24.0 Å². The minimum absolute atomic E-state index is 0.226. The smallest absolute Gasteiger partial charge is 0.337 e. The molecule has 0 atom stereocenters. The number of nitrogens with zero attached hydrogens (tertiary/aromatic N) is 1. The second-order valence-electron chi connectivity index (χ2n) is 3.12. The van der Waals surface area contributed by atoms with Crippen molar-refractivity contribution in [3.8, 4) is 0 Å². The first-order chi connectivity index (χ1) is 7.24. The maximum absolute atomic E-state index is 11.0. The maximum Gasteiger partial charge on any atom is 0.337 e. The lowest BCUT2D eigenvalue weighted by Crippen LogP contribution is -2.01. The first-order valence-corrected chi connectivity index (χ1v) is 4.53. The van der Waals surface area contributed by atoms with E-state index in [0.29, 0.717) is 11.2 Å². The summed E-state index contributed by atoms with van der Waals surface area (Å²) >= 11 is 0. The summed E-state index contributed by atoms with van der Waals surface area (Å²) in [6.07, 6.45) is 1.37. The van der Waals surface area contributed by atoms with E-state index in [1.165, 1.54) is 6.20 Å². The van der Waals surface area contributed by atoms with E-state index in [1.807, 2.05) is 18.2 Å². The number of benzene rings is 1. The van der Waals surface area contributed by atoms with Crippen LogP contribution < -0.4 is 5.32 Å². The molecule has 0 amide bonds. The lowest BCUT2D eigenvalue weighted by Gasteiger charge is -2.06. The van der Waals surface area contributed by atoms with E-state index >= 15 is 0 Å². The summed E-state index contributed by atoms with van der Waals surface area (Å²) in [6, 6.07) is 7.30. The third-order valence-corrected chi connectivity index (χ3v) is 2.26. The van der Waals surface area contributed by atoms with E-state index in [-0.39, 0.29) is 5.56 Å². The molecule has 0 aliphatic rings. The van der Waals surface area contributed by atoms with E-state index in [4.69, 9.17) is 5.11 Å². The Kier molecular flexibility index (Phi) is 2.25. The van der Waals surface area contributed by atoms with E-state index in [0.717, 1.165) is 5.39 Å². The standard InChI is InChI=1S/C11H10N2O2/c1-12-10-8-5-3-2-4-7(8)9(6-13-10)11(14)15/h2-6H,1H3,(H,12,13)(H,14,15). The van der Waals surface area contributed by atoms with Crippen LogP contribution in [0.3, 0.4) is 0 Å². The summed E-state index contributed by atoms with van der Waals surface area (Å²) < 4.78 is 0. The minimum Gasteiger partial charge on any atom is -0.478 e. The van der Waals surface area contributed by atoms with Crippen LogP contribution in [-0.2, 0) is 0 Å². The van der Waals surface area contributed by atoms with Crippen molar-refractivity contribution in [3.05, 3.63) is 36.0 Å². The highest BCUT2D eigenvalue weighted by atomic mass is 16.4. The Morgan fingerprint density at radius 1 is 1.33 bits per heavy atom. The Bertz CT molecular complexity index is 523. The molecule has 4 nitrogen and oxygen atoms in total. The Balaban J connectivity index is 2.83. The zero-order chi connectivity index (χ0) is 10.8. The van der Waals surface area contributed by atoms with Gasteiger partial charge in [0.1, 0.15) is 5.82 Å². The number of carbonyl (C=O) groups is 1. The summed E-state index contributed by atoms with van der Waals surface area (Å²) in [5.74, 6) is -0.267. The molecule has 0 fully saturated rings. The summed E-state index contributed by atoms with van der Waals surface area (Å²) in [7, 11) is 1.76. The van der Waals surface area contributed by atoms with Gasteiger partial charge in [-0.1, -0.05) is 24.3 Å². The lowest BCUT2D eigenvalue weighted by molar-refractivity contribution is 0.0698. The molecule has 4 heteroatoms. The zero-order valence-electron chi connectivity index (χ0n) is 8.19. The Morgan fingerprint density at radius 2 is 2.00 bits per heavy atom. The highest BCUT2D eigenvalue weighted by molar-refractivity contribution is 6.06. The van der Waals surface area contributed by atoms with Crippen LogP contribution in [0.2, 0.25) is 0 Å². The third-order valence-electron chi connectivity index (χ3n) is 2.26. The Labute approximate surface area is 86.6 Å². The van der Waals surface area contributed by atoms with Crippen molar-refractivity contribution >= 4 is 22.6 Å². The summed E-state index contributed by atoms with van der Waals surface area (Å²) in [4.78, 5) is 15.0. The van der Waals surface area contributed by atoms with Crippen LogP contribution in [0.25, 0.3) is 10.8 Å². The fourth-order valence-corrected chi connectivity index (χ4v) is 1.56. The summed E-state index contributed by atoms with van der Waals surface area (Å²) in [5.41, 5.74) is 0.226. The highest BCUT2D eigenvalue weighted by Gasteiger charge is 2.10. The van der Waals surface area contributed by atoms with Crippen LogP contribution in [0.15, 0.2) is 30.5 Å². The molecule has 15 heavy (non-hydrogen) atoms. The summed E-state index contributed by atoms with van der Waals surface area (Å²) in [5, 5.41) is 13.4. The van der Waals surface area contributed by atoms with Gasteiger partial charge in [0.15, 0.2) is 0 Å². The van der Waals surface area contributed by atoms with Crippen LogP contribution >= 0.6 is 0 Å². The molecule has 1 heterocycles. The van der Waals surface area contributed by atoms with Crippen LogP contribution in [0.5, 0.6) is 0 Å². The van der Waals surface area contributed by atoms with E-state index in [2.05, 4.69) is 10.3 Å². The van der Waals surface area contributed by atoms with E-state index in [1.54, 1.807) is 13.1 Å². The molecule has 2 rings (SSSR count). The van der Waals surface area contributed by atoms with Gasteiger partial charge in [-0.25, -0.2) is 9.78 Å². The number of anilines is 1. The Hall–Kier alpha value is -2.10. The summed E-state index contributed by atoms with van der Waals surface area (Å²) in [6.45, 7) is 0. The normalized spacial score (nSPS) is 10.2. The molecule has 0 bridgehead atoms. The number of aromatic carboxylic acids is 1. The molecule has 0 saturated heterocycles. The number of hydrogen-bond donors (Lipinski definition) is 2. The van der Waals surface area contributed by atoms with Crippen molar-refractivity contribution in [2.45, 2.75) is 0 Å². The van der Waals surface area contributed by atoms with Gasteiger partial charge in [0.2, 0.25) is 0 Å². The quantitative estimate of drug-likeness (QED) is 0.781. The van der Waals surface area contributed by atoms with Gasteiger partial charge < -0.3 is 10.4 Å². The van der Waals surface area contributed by atoms with Crippen molar-refractivity contribution in [1.82, 2.24) is 4.98 Å². The number of nitrogens with one attached hydrogen (secondary N) is 1. The van der Waals surface area contributed by atoms with Gasteiger partial charge >= 0.3 is 5.97 Å². The predicted octanol–water partition coefficient (Wildman–Crippen LogP) is 1.97. The Morgan fingerprint density at radius 3 is 2.60 bits per heavy atom. The molecule has 0 aliphatic heterocycles. The first kappa shape index (κ1) is 9.45. The van der Waals surface area contributed by atoms with Gasteiger partial charge in [0.05, 0.1) is 5.56 Å². The first-order valence-electron chi connectivity index (χ1n) is 4.53. The largest absolute Gasteiger partial charge is 0.478 e. The molecular formula is C11H10N2O2. The van der Waals surface area contributed by atoms with Crippen LogP contribution in [0, 0.1) is 0 Å². The molecule has 1 aromatic carbocycles. The van der Waals surface area contributed by atoms with E-state index < -0.39 is 5.97 Å². The van der Waals surface area contributed by atoms with Gasteiger partial charge in [-0.05, 0) is 0 Å². The molecule has 0 spiro atoms. The van der Waals surface area contributed by atoms with Crippen molar-refractivity contribution in [1.29, 1.82) is 0 Å². The molecule has 1 aromatic heterocycles. The fourth-order valence-electron chi connectivity index (χ4n) is 1.56. The maximum atomic E-state index is 11.0. The minimum atomic E-state index is -0.957. The van der Waals surface area contributed by atoms with Gasteiger partial charge in [-0.3, -0.25) is 0 Å². The molecule has 0 aliphatic carbocycles. The molecule has 0 radical (unpaired) electrons. The number of pyridine rings is 1. The molecule has 2 aromatic rings. The van der Waals surface area contributed by atoms with Crippen molar-refractivity contribution < 1.29 is 9.90 Å². The number of carboxylic acid groups (broad SMARTS) is 1. The monoisotopic (exact) mass is 202 g/mol. The van der Waals surface area contributed by atoms with Crippen molar-refractivity contribution in [3.63, 3.8) is 0 Å². The van der Waals surface area contributed by atoms with Crippen LogP contribution in [0.1, 0.15) is 10.4 Å². The fraction of sp³-hybridized carbons (Fsp3) is 0.0909. The van der Waals surface area contributed by atoms with Crippen LogP contribution in [0.4, 0.5) is 5.82 Å². The average Bonchev–Trinajstić information content (AvgIpc) is 2.27. The lowest BCUT2D eigenvalue weighted by atomic mass is 10.1. The third kappa shape index (κ3) is 1.50. The average molecular weight is 202 g/mol. The SMILES string of the molecule is CNc1ncc(C(=O)O)c2ccccc12. The zero-order valence-corrected chi connectivity index (χ0v) is 8.19. The molecular weight excluding hydrogens is 192 g/mol. The number of rotatable bonds is 2. The van der Waals surface area contributed by atoms with Crippen molar-refractivity contribution in [2.24, 2.45) is 0 Å². The predicted molar refractivity (Wildman–Crippen MR) is 58.2 cm³/mol. The van der Waals surface area contributed by atoms with Crippen LogP contribution in [-0.4, -0.2) is 23.1 Å². The number of carboxylic acids is 1. The molecule has 0 saturated carbocycles. The molecule has 76 valence electrons.